The van der Waals surface area contributed by atoms with Crippen LogP contribution in [0.25, 0.3) is 0 Å². The van der Waals surface area contributed by atoms with Gasteiger partial charge in [0.05, 0.1) is 0 Å². The Morgan fingerprint density at radius 1 is 0.879 bits per heavy atom. The van der Waals surface area contributed by atoms with Crippen LogP contribution in [0.5, 0.6) is 0 Å². The number of likely N-dealkylation sites (tertiary alicyclic amines) is 2. The molecule has 1 aromatic carbocycles. The highest BCUT2D eigenvalue weighted by molar-refractivity contribution is 5.90. The molecule has 1 unspecified atom stereocenters. The summed E-state index contributed by atoms with van der Waals surface area (Å²) >= 11 is 0. The molecule has 3 amide bonds. The molecule has 3 heterocycles. The molecule has 6 nitrogen and oxygen atoms in total. The number of pyridine rings is 1. The first-order valence-electron chi connectivity index (χ1n) is 12.5. The van der Waals surface area contributed by atoms with Gasteiger partial charge in [-0.3, -0.25) is 9.78 Å². The zero-order valence-electron chi connectivity index (χ0n) is 19.3. The lowest BCUT2D eigenvalue weighted by Crippen LogP contribution is -2.50. The molecule has 2 aliphatic heterocycles. The molecule has 1 N–H and O–H groups in total. The van der Waals surface area contributed by atoms with Gasteiger partial charge in [0.25, 0.3) is 0 Å². The molecule has 3 aliphatic rings. The third-order valence-corrected chi connectivity index (χ3v) is 7.69. The van der Waals surface area contributed by atoms with Crippen LogP contribution in [-0.4, -0.2) is 52.9 Å². The summed E-state index contributed by atoms with van der Waals surface area (Å²) in [5, 5.41) is 3.01. The Morgan fingerprint density at radius 3 is 2.36 bits per heavy atom. The molecule has 6 heteroatoms. The molecule has 0 bridgehead atoms. The number of anilines is 1. The number of carbonyl (C=O) groups is 2. The maximum absolute atomic E-state index is 12.7. The van der Waals surface area contributed by atoms with Crippen molar-refractivity contribution in [3.63, 3.8) is 0 Å². The molecular weight excluding hydrogens is 412 g/mol. The predicted molar refractivity (Wildman–Crippen MR) is 129 cm³/mol. The predicted octanol–water partition coefficient (Wildman–Crippen LogP) is 5.00. The summed E-state index contributed by atoms with van der Waals surface area (Å²) in [6.45, 7) is 3.13. The van der Waals surface area contributed by atoms with Crippen LogP contribution < -0.4 is 5.32 Å². The molecule has 174 valence electrons. The van der Waals surface area contributed by atoms with Crippen molar-refractivity contribution in [1.82, 2.24) is 14.8 Å². The monoisotopic (exact) mass is 446 g/mol. The molecule has 0 radical (unpaired) electrons. The minimum absolute atomic E-state index is 0.0526. The van der Waals surface area contributed by atoms with Crippen LogP contribution in [-0.2, 0) is 4.79 Å². The third kappa shape index (κ3) is 5.21. The number of amides is 3. The Morgan fingerprint density at radius 2 is 1.64 bits per heavy atom. The summed E-state index contributed by atoms with van der Waals surface area (Å²) in [5.74, 6) is 1.70. The topological polar surface area (TPSA) is 65.5 Å². The van der Waals surface area contributed by atoms with E-state index in [2.05, 4.69) is 33.4 Å². The van der Waals surface area contributed by atoms with Crippen molar-refractivity contribution >= 4 is 17.6 Å². The van der Waals surface area contributed by atoms with Crippen molar-refractivity contribution in [2.45, 2.75) is 56.8 Å². The molecule has 1 aromatic heterocycles. The first-order valence-corrected chi connectivity index (χ1v) is 12.5. The second-order valence-corrected chi connectivity index (χ2v) is 9.97. The maximum atomic E-state index is 12.7. The number of hydrogen-bond donors (Lipinski definition) is 1. The second kappa shape index (κ2) is 9.94. The molecule has 1 atom stereocenters. The van der Waals surface area contributed by atoms with Gasteiger partial charge in [0.15, 0.2) is 0 Å². The van der Waals surface area contributed by atoms with Gasteiger partial charge >= 0.3 is 6.03 Å². The van der Waals surface area contributed by atoms with Crippen molar-refractivity contribution in [3.8, 4) is 0 Å². The fourth-order valence-corrected chi connectivity index (χ4v) is 5.54. The summed E-state index contributed by atoms with van der Waals surface area (Å²) in [7, 11) is 0. The standard InChI is InChI=1S/C27H34N4O2/c32-26(15-20-5-2-1-3-6-20)30-14-12-23(17-30)21-8-10-25(11-9-21)29-27(33)31-18-24(19-31)22-7-4-13-28-16-22/h4,7-11,13,16,20,23-24H,1-3,5-6,12,14-15,17-19H2,(H,29,33). The third-order valence-electron chi connectivity index (χ3n) is 7.69. The molecule has 3 fully saturated rings. The highest BCUT2D eigenvalue weighted by Crippen LogP contribution is 2.32. The molecule has 0 spiro atoms. The number of benzene rings is 1. The lowest BCUT2D eigenvalue weighted by molar-refractivity contribution is -0.131. The summed E-state index contributed by atoms with van der Waals surface area (Å²) in [5.41, 5.74) is 3.26. The van der Waals surface area contributed by atoms with E-state index in [9.17, 15) is 9.59 Å². The van der Waals surface area contributed by atoms with E-state index >= 15 is 0 Å². The molecule has 2 aromatic rings. The van der Waals surface area contributed by atoms with Crippen molar-refractivity contribution in [2.24, 2.45) is 5.92 Å². The zero-order valence-corrected chi connectivity index (χ0v) is 19.3. The van der Waals surface area contributed by atoms with Gasteiger partial charge in [-0.2, -0.15) is 0 Å². The zero-order chi connectivity index (χ0) is 22.6. The quantitative estimate of drug-likeness (QED) is 0.703. The van der Waals surface area contributed by atoms with E-state index in [1.54, 1.807) is 6.20 Å². The first kappa shape index (κ1) is 21.9. The number of urea groups is 1. The van der Waals surface area contributed by atoms with E-state index in [4.69, 9.17) is 0 Å². The van der Waals surface area contributed by atoms with Gasteiger partial charge < -0.3 is 15.1 Å². The Bertz CT molecular complexity index is 950. The van der Waals surface area contributed by atoms with Gasteiger partial charge in [-0.15, -0.1) is 0 Å². The SMILES string of the molecule is O=C(CC1CCCCC1)N1CCC(c2ccc(NC(=O)N3CC(c4cccnc4)C3)cc2)C1. The molecule has 5 rings (SSSR count). The summed E-state index contributed by atoms with van der Waals surface area (Å²) in [4.78, 5) is 33.4. The van der Waals surface area contributed by atoms with Crippen molar-refractivity contribution in [2.75, 3.05) is 31.5 Å². The Balaban J connectivity index is 1.08. The van der Waals surface area contributed by atoms with Crippen LogP contribution in [0.4, 0.5) is 10.5 Å². The molecular formula is C27H34N4O2. The fraction of sp³-hybridized carbons (Fsp3) is 0.519. The van der Waals surface area contributed by atoms with Crippen LogP contribution in [0.2, 0.25) is 0 Å². The molecule has 33 heavy (non-hydrogen) atoms. The van der Waals surface area contributed by atoms with E-state index < -0.39 is 0 Å². The first-order chi connectivity index (χ1) is 16.2. The van der Waals surface area contributed by atoms with Crippen LogP contribution in [0, 0.1) is 5.92 Å². The Hall–Kier alpha value is -2.89. The molecule has 1 aliphatic carbocycles. The Kier molecular flexibility index (Phi) is 6.60. The highest BCUT2D eigenvalue weighted by Gasteiger charge is 2.32. The van der Waals surface area contributed by atoms with E-state index in [1.165, 1.54) is 43.2 Å². The second-order valence-electron chi connectivity index (χ2n) is 9.97. The highest BCUT2D eigenvalue weighted by atomic mass is 16.2. The van der Waals surface area contributed by atoms with E-state index in [0.717, 1.165) is 44.7 Å². The molecule has 1 saturated carbocycles. The van der Waals surface area contributed by atoms with Gasteiger partial charge in [0.1, 0.15) is 0 Å². The van der Waals surface area contributed by atoms with Crippen molar-refractivity contribution in [1.29, 1.82) is 0 Å². The average Bonchev–Trinajstić information content (AvgIpc) is 3.31. The summed E-state index contributed by atoms with van der Waals surface area (Å²) in [6.07, 6.45) is 11.7. The number of nitrogens with one attached hydrogen (secondary N) is 1. The minimum Gasteiger partial charge on any atom is -0.342 e. The number of hydrogen-bond acceptors (Lipinski definition) is 3. The number of carbonyl (C=O) groups excluding carboxylic acids is 2. The number of nitrogens with zero attached hydrogens (tertiary/aromatic N) is 3. The normalized spacial score (nSPS) is 21.6. The molecule has 2 saturated heterocycles. The fourth-order valence-electron chi connectivity index (χ4n) is 5.54. The largest absolute Gasteiger partial charge is 0.342 e. The minimum atomic E-state index is -0.0526. The lowest BCUT2D eigenvalue weighted by atomic mass is 9.87. The van der Waals surface area contributed by atoms with E-state index in [-0.39, 0.29) is 6.03 Å². The Labute approximate surface area is 196 Å². The van der Waals surface area contributed by atoms with Crippen molar-refractivity contribution < 1.29 is 9.59 Å². The summed E-state index contributed by atoms with van der Waals surface area (Å²) in [6, 6.07) is 12.1. The van der Waals surface area contributed by atoms with E-state index in [0.29, 0.717) is 23.7 Å². The van der Waals surface area contributed by atoms with Gasteiger partial charge in [-0.05, 0) is 54.5 Å². The van der Waals surface area contributed by atoms with Crippen molar-refractivity contribution in [3.05, 3.63) is 59.9 Å². The smallest absolute Gasteiger partial charge is 0.321 e. The van der Waals surface area contributed by atoms with Crippen LogP contribution in [0.1, 0.15) is 67.9 Å². The number of aromatic nitrogens is 1. The van der Waals surface area contributed by atoms with Gasteiger partial charge in [0.2, 0.25) is 5.91 Å². The van der Waals surface area contributed by atoms with Gasteiger partial charge in [-0.1, -0.05) is 37.5 Å². The number of rotatable bonds is 5. The van der Waals surface area contributed by atoms with E-state index in [1.807, 2.05) is 29.3 Å². The maximum Gasteiger partial charge on any atom is 0.321 e. The average molecular weight is 447 g/mol. The van der Waals surface area contributed by atoms with Gasteiger partial charge in [0, 0.05) is 62.5 Å². The van der Waals surface area contributed by atoms with Crippen LogP contribution in [0.15, 0.2) is 48.8 Å². The lowest BCUT2D eigenvalue weighted by Gasteiger charge is -2.39. The van der Waals surface area contributed by atoms with Gasteiger partial charge in [-0.25, -0.2) is 4.79 Å². The van der Waals surface area contributed by atoms with Crippen LogP contribution >= 0.6 is 0 Å². The van der Waals surface area contributed by atoms with Crippen LogP contribution in [0.3, 0.4) is 0 Å². The summed E-state index contributed by atoms with van der Waals surface area (Å²) < 4.78 is 0.